The van der Waals surface area contributed by atoms with Gasteiger partial charge in [-0.1, -0.05) is 19.3 Å². The predicted octanol–water partition coefficient (Wildman–Crippen LogP) is 2.44. The van der Waals surface area contributed by atoms with E-state index in [1.54, 1.807) is 0 Å². The molecule has 1 saturated carbocycles. The average Bonchev–Trinajstić information content (AvgIpc) is 2.61. The highest BCUT2D eigenvalue weighted by Crippen LogP contribution is 2.24. The summed E-state index contributed by atoms with van der Waals surface area (Å²) in [4.78, 5) is 28.9. The van der Waals surface area contributed by atoms with E-state index in [2.05, 4.69) is 4.90 Å². The second-order valence-corrected chi connectivity index (χ2v) is 7.00. The summed E-state index contributed by atoms with van der Waals surface area (Å²) in [5, 5.41) is 0. The van der Waals surface area contributed by atoms with E-state index < -0.39 is 0 Å². The first-order valence-electron chi connectivity index (χ1n) is 9.22. The van der Waals surface area contributed by atoms with Crippen LogP contribution in [0, 0.1) is 5.92 Å². The first-order valence-corrected chi connectivity index (χ1v) is 9.22. The molecule has 2 rings (SSSR count). The van der Waals surface area contributed by atoms with Gasteiger partial charge < -0.3 is 9.64 Å². The Morgan fingerprint density at radius 1 is 1.17 bits per heavy atom. The van der Waals surface area contributed by atoms with Crippen molar-refractivity contribution in [3.05, 3.63) is 0 Å². The van der Waals surface area contributed by atoms with Gasteiger partial charge in [-0.3, -0.25) is 14.5 Å². The van der Waals surface area contributed by atoms with Gasteiger partial charge in [0.1, 0.15) is 0 Å². The normalized spacial score (nSPS) is 24.9. The van der Waals surface area contributed by atoms with E-state index in [1.165, 1.54) is 19.3 Å². The molecular weight excluding hydrogens is 292 g/mol. The van der Waals surface area contributed by atoms with Gasteiger partial charge >= 0.3 is 5.97 Å². The Kier molecular flexibility index (Phi) is 6.88. The molecule has 0 radical (unpaired) electrons. The smallest absolute Gasteiger partial charge is 0.310 e. The number of piperidine rings is 1. The molecule has 0 spiro atoms. The number of nitrogens with zero attached hydrogens (tertiary/aromatic N) is 2. The summed E-state index contributed by atoms with van der Waals surface area (Å²) < 4.78 is 5.15. The van der Waals surface area contributed by atoms with Gasteiger partial charge in [0.15, 0.2) is 0 Å². The minimum absolute atomic E-state index is 0.0843. The zero-order chi connectivity index (χ0) is 16.8. The molecule has 0 aromatic carbocycles. The van der Waals surface area contributed by atoms with Crippen LogP contribution in [0.15, 0.2) is 0 Å². The summed E-state index contributed by atoms with van der Waals surface area (Å²) in [7, 11) is 1.95. The lowest BCUT2D eigenvalue weighted by Crippen LogP contribution is -2.52. The Morgan fingerprint density at radius 2 is 1.87 bits per heavy atom. The third kappa shape index (κ3) is 4.69. The molecule has 23 heavy (non-hydrogen) atoms. The lowest BCUT2D eigenvalue weighted by atomic mass is 9.93. The van der Waals surface area contributed by atoms with Gasteiger partial charge in [-0.15, -0.1) is 0 Å². The molecule has 2 aliphatic rings. The topological polar surface area (TPSA) is 49.9 Å². The highest BCUT2D eigenvalue weighted by atomic mass is 16.5. The van der Waals surface area contributed by atoms with E-state index in [1.807, 2.05) is 25.8 Å². The Labute approximate surface area is 140 Å². The number of amides is 1. The Bertz CT molecular complexity index is 407. The van der Waals surface area contributed by atoms with E-state index in [9.17, 15) is 9.59 Å². The highest BCUT2D eigenvalue weighted by molar-refractivity contribution is 5.81. The van der Waals surface area contributed by atoms with Crippen LogP contribution in [0.3, 0.4) is 0 Å². The number of carbonyl (C=O) groups excluding carboxylic acids is 2. The van der Waals surface area contributed by atoms with Crippen molar-refractivity contribution >= 4 is 11.9 Å². The van der Waals surface area contributed by atoms with Crippen molar-refractivity contribution in [1.82, 2.24) is 9.80 Å². The molecule has 1 saturated heterocycles. The molecule has 0 bridgehead atoms. The summed E-state index contributed by atoms with van der Waals surface area (Å²) in [6.45, 7) is 5.78. The van der Waals surface area contributed by atoms with E-state index in [-0.39, 0.29) is 23.8 Å². The summed E-state index contributed by atoms with van der Waals surface area (Å²) in [5.74, 6) is -0.00201. The maximum atomic E-state index is 12.8. The minimum Gasteiger partial charge on any atom is -0.466 e. The number of likely N-dealkylation sites (N-methyl/N-ethyl adjacent to an activating group) is 1. The van der Waals surface area contributed by atoms with Crippen LogP contribution in [0.2, 0.25) is 0 Å². The quantitative estimate of drug-likeness (QED) is 0.729. The molecule has 2 unspecified atom stereocenters. The van der Waals surface area contributed by atoms with Crippen molar-refractivity contribution in [3.8, 4) is 0 Å². The fourth-order valence-electron chi connectivity index (χ4n) is 3.91. The number of hydrogen-bond acceptors (Lipinski definition) is 4. The minimum atomic E-state index is -0.154. The number of likely N-dealkylation sites (tertiary alicyclic amines) is 1. The summed E-state index contributed by atoms with van der Waals surface area (Å²) in [6, 6.07) is 0.239. The first kappa shape index (κ1) is 18.2. The second kappa shape index (κ2) is 8.67. The third-order valence-corrected chi connectivity index (χ3v) is 5.45. The molecule has 0 aromatic rings. The molecule has 0 N–H and O–H groups in total. The highest BCUT2D eigenvalue weighted by Gasteiger charge is 2.34. The van der Waals surface area contributed by atoms with Crippen LogP contribution in [0.5, 0.6) is 0 Å². The second-order valence-electron chi connectivity index (χ2n) is 7.00. The van der Waals surface area contributed by atoms with Gasteiger partial charge in [-0.05, 0) is 46.1 Å². The monoisotopic (exact) mass is 324 g/mol. The van der Waals surface area contributed by atoms with Gasteiger partial charge in [0.2, 0.25) is 5.91 Å². The van der Waals surface area contributed by atoms with Gasteiger partial charge in [-0.2, -0.15) is 0 Å². The average molecular weight is 324 g/mol. The first-order chi connectivity index (χ1) is 11.0. The van der Waals surface area contributed by atoms with Crippen LogP contribution < -0.4 is 0 Å². The standard InChI is InChI=1S/C18H32N2O3/c1-4-23-18(22)15-9-8-12-20(13-15)14(2)17(21)19(3)16-10-6-5-7-11-16/h14-16H,4-13H2,1-3H3. The van der Waals surface area contributed by atoms with Crippen LogP contribution >= 0.6 is 0 Å². The van der Waals surface area contributed by atoms with Crippen molar-refractivity contribution in [3.63, 3.8) is 0 Å². The fourth-order valence-corrected chi connectivity index (χ4v) is 3.91. The Morgan fingerprint density at radius 3 is 2.52 bits per heavy atom. The fraction of sp³-hybridized carbons (Fsp3) is 0.889. The number of ether oxygens (including phenoxy) is 1. The van der Waals surface area contributed by atoms with Crippen molar-refractivity contribution in [2.75, 3.05) is 26.7 Å². The molecule has 5 heteroatoms. The number of esters is 1. The molecule has 0 aromatic heterocycles. The number of hydrogen-bond donors (Lipinski definition) is 0. The Hall–Kier alpha value is -1.10. The Balaban J connectivity index is 1.91. The van der Waals surface area contributed by atoms with Crippen LogP contribution in [0.4, 0.5) is 0 Å². The summed E-state index contributed by atoms with van der Waals surface area (Å²) in [6.07, 6.45) is 7.82. The van der Waals surface area contributed by atoms with Crippen LogP contribution in [-0.2, 0) is 14.3 Å². The molecule has 1 heterocycles. The summed E-state index contributed by atoms with van der Waals surface area (Å²) in [5.41, 5.74) is 0. The molecule has 2 atom stereocenters. The van der Waals surface area contributed by atoms with E-state index in [0.717, 1.165) is 32.2 Å². The molecule has 2 fully saturated rings. The number of rotatable bonds is 5. The maximum Gasteiger partial charge on any atom is 0.310 e. The predicted molar refractivity (Wildman–Crippen MR) is 90.0 cm³/mol. The van der Waals surface area contributed by atoms with Crippen molar-refractivity contribution in [2.24, 2.45) is 5.92 Å². The van der Waals surface area contributed by atoms with Crippen LogP contribution in [-0.4, -0.2) is 60.5 Å². The largest absolute Gasteiger partial charge is 0.466 e. The lowest BCUT2D eigenvalue weighted by molar-refractivity contribution is -0.152. The molecule has 5 nitrogen and oxygen atoms in total. The van der Waals surface area contributed by atoms with Gasteiger partial charge in [0.05, 0.1) is 18.6 Å². The molecular formula is C18H32N2O3. The molecule has 132 valence electrons. The lowest BCUT2D eigenvalue weighted by Gasteiger charge is -2.39. The van der Waals surface area contributed by atoms with Crippen molar-refractivity contribution < 1.29 is 14.3 Å². The zero-order valence-corrected chi connectivity index (χ0v) is 14.9. The van der Waals surface area contributed by atoms with Crippen molar-refractivity contribution in [2.45, 2.75) is 70.9 Å². The van der Waals surface area contributed by atoms with Gasteiger partial charge in [0.25, 0.3) is 0 Å². The van der Waals surface area contributed by atoms with E-state index >= 15 is 0 Å². The van der Waals surface area contributed by atoms with E-state index in [0.29, 0.717) is 19.2 Å². The maximum absolute atomic E-state index is 12.8. The van der Waals surface area contributed by atoms with Crippen LogP contribution in [0.1, 0.15) is 58.8 Å². The van der Waals surface area contributed by atoms with E-state index in [4.69, 9.17) is 4.74 Å². The van der Waals surface area contributed by atoms with Crippen molar-refractivity contribution in [1.29, 1.82) is 0 Å². The van der Waals surface area contributed by atoms with Gasteiger partial charge in [-0.25, -0.2) is 0 Å². The zero-order valence-electron chi connectivity index (χ0n) is 14.9. The molecule has 1 amide bonds. The molecule has 1 aliphatic carbocycles. The third-order valence-electron chi connectivity index (χ3n) is 5.45. The van der Waals surface area contributed by atoms with Gasteiger partial charge in [0, 0.05) is 19.6 Å². The number of carbonyl (C=O) groups is 2. The summed E-state index contributed by atoms with van der Waals surface area (Å²) >= 11 is 0. The van der Waals surface area contributed by atoms with Crippen LogP contribution in [0.25, 0.3) is 0 Å². The SMILES string of the molecule is CCOC(=O)C1CCCN(C(C)C(=O)N(C)C2CCCCC2)C1. The molecule has 1 aliphatic heterocycles.